The SMILES string of the molecule is CC(C)(C)NCCC[C@@H]1CN(S(C)(=O)=O)CCO1. The molecule has 6 heteroatoms. The van der Waals surface area contributed by atoms with Gasteiger partial charge in [0.15, 0.2) is 0 Å². The molecule has 0 saturated carbocycles. The fraction of sp³-hybridized carbons (Fsp3) is 1.00. The number of hydrogen-bond donors (Lipinski definition) is 1. The van der Waals surface area contributed by atoms with Crippen LogP contribution < -0.4 is 5.32 Å². The summed E-state index contributed by atoms with van der Waals surface area (Å²) in [5.41, 5.74) is 0.131. The molecule has 1 aliphatic heterocycles. The molecule has 0 unspecified atom stereocenters. The van der Waals surface area contributed by atoms with Crippen molar-refractivity contribution in [2.75, 3.05) is 32.5 Å². The van der Waals surface area contributed by atoms with Gasteiger partial charge in [0.2, 0.25) is 10.0 Å². The first kappa shape index (κ1) is 15.9. The highest BCUT2D eigenvalue weighted by Crippen LogP contribution is 2.13. The van der Waals surface area contributed by atoms with Crippen LogP contribution in [-0.4, -0.2) is 56.9 Å². The predicted molar refractivity (Wildman–Crippen MR) is 73.1 cm³/mol. The number of morpholine rings is 1. The van der Waals surface area contributed by atoms with Gasteiger partial charge in [0.05, 0.1) is 19.0 Å². The van der Waals surface area contributed by atoms with Gasteiger partial charge in [-0.3, -0.25) is 0 Å². The van der Waals surface area contributed by atoms with Crippen molar-refractivity contribution < 1.29 is 13.2 Å². The Kier molecular flexibility index (Phi) is 5.58. The second-order valence-electron chi connectivity index (χ2n) is 5.93. The lowest BCUT2D eigenvalue weighted by Gasteiger charge is -2.31. The molecule has 0 aliphatic carbocycles. The summed E-state index contributed by atoms with van der Waals surface area (Å²) in [5, 5.41) is 3.42. The van der Waals surface area contributed by atoms with Crippen LogP contribution in [0.1, 0.15) is 33.6 Å². The highest BCUT2D eigenvalue weighted by molar-refractivity contribution is 7.88. The van der Waals surface area contributed by atoms with Crippen LogP contribution in [0.25, 0.3) is 0 Å². The van der Waals surface area contributed by atoms with Crippen LogP contribution in [0, 0.1) is 0 Å². The fourth-order valence-electron chi connectivity index (χ4n) is 1.96. The van der Waals surface area contributed by atoms with Gasteiger partial charge in [-0.25, -0.2) is 8.42 Å². The predicted octanol–water partition coefficient (Wildman–Crippen LogP) is 0.815. The molecule has 1 fully saturated rings. The maximum Gasteiger partial charge on any atom is 0.211 e. The van der Waals surface area contributed by atoms with E-state index in [0.717, 1.165) is 19.4 Å². The first-order valence-electron chi connectivity index (χ1n) is 6.50. The Hall–Kier alpha value is -0.170. The lowest BCUT2D eigenvalue weighted by molar-refractivity contribution is -0.00635. The molecule has 5 nitrogen and oxygen atoms in total. The largest absolute Gasteiger partial charge is 0.375 e. The number of rotatable bonds is 5. The van der Waals surface area contributed by atoms with Crippen LogP contribution in [0.5, 0.6) is 0 Å². The molecule has 0 spiro atoms. The smallest absolute Gasteiger partial charge is 0.211 e. The van der Waals surface area contributed by atoms with E-state index in [9.17, 15) is 8.42 Å². The summed E-state index contributed by atoms with van der Waals surface area (Å²) in [6.45, 7) is 8.82. The molecule has 0 radical (unpaired) electrons. The van der Waals surface area contributed by atoms with Gasteiger partial charge >= 0.3 is 0 Å². The molecule has 18 heavy (non-hydrogen) atoms. The molecule has 1 rings (SSSR count). The highest BCUT2D eigenvalue weighted by Gasteiger charge is 2.26. The third-order valence-electron chi connectivity index (χ3n) is 2.93. The van der Waals surface area contributed by atoms with Crippen LogP contribution in [0.4, 0.5) is 0 Å². The molecule has 0 aromatic carbocycles. The van der Waals surface area contributed by atoms with Crippen LogP contribution >= 0.6 is 0 Å². The minimum atomic E-state index is -3.07. The Bertz CT molecular complexity index is 349. The van der Waals surface area contributed by atoms with Crippen molar-refractivity contribution in [2.45, 2.75) is 45.3 Å². The van der Waals surface area contributed by atoms with Gasteiger partial charge in [-0.15, -0.1) is 0 Å². The van der Waals surface area contributed by atoms with E-state index in [-0.39, 0.29) is 11.6 Å². The molecule has 1 saturated heterocycles. The Morgan fingerprint density at radius 3 is 2.61 bits per heavy atom. The van der Waals surface area contributed by atoms with E-state index >= 15 is 0 Å². The number of hydrogen-bond acceptors (Lipinski definition) is 4. The van der Waals surface area contributed by atoms with Crippen molar-refractivity contribution in [2.24, 2.45) is 0 Å². The van der Waals surface area contributed by atoms with Gasteiger partial charge in [0, 0.05) is 18.6 Å². The summed E-state index contributed by atoms with van der Waals surface area (Å²) in [6, 6.07) is 0. The van der Waals surface area contributed by atoms with E-state index in [1.807, 2.05) is 0 Å². The quantitative estimate of drug-likeness (QED) is 0.756. The van der Waals surface area contributed by atoms with E-state index in [4.69, 9.17) is 4.74 Å². The number of nitrogens with one attached hydrogen (secondary N) is 1. The normalized spacial score (nSPS) is 23.2. The molecule has 0 aromatic rings. The van der Waals surface area contributed by atoms with Crippen molar-refractivity contribution in [1.29, 1.82) is 0 Å². The summed E-state index contributed by atoms with van der Waals surface area (Å²) in [7, 11) is -3.07. The standard InChI is InChI=1S/C12H26N2O3S/c1-12(2,3)13-7-5-6-11-10-14(8-9-17-11)18(4,15)16/h11,13H,5-10H2,1-4H3/t11-/m1/s1. The van der Waals surface area contributed by atoms with Crippen molar-refractivity contribution in [3.63, 3.8) is 0 Å². The lowest BCUT2D eigenvalue weighted by atomic mass is 10.1. The maximum atomic E-state index is 11.5. The minimum absolute atomic E-state index is 0.0373. The summed E-state index contributed by atoms with van der Waals surface area (Å²) in [6.07, 6.45) is 3.20. The molecule has 108 valence electrons. The van der Waals surface area contributed by atoms with E-state index < -0.39 is 10.0 Å². The first-order chi connectivity index (χ1) is 8.18. The van der Waals surface area contributed by atoms with E-state index in [1.54, 1.807) is 0 Å². The molecule has 1 atom stereocenters. The van der Waals surface area contributed by atoms with Gasteiger partial charge in [-0.2, -0.15) is 4.31 Å². The van der Waals surface area contributed by atoms with Gasteiger partial charge in [-0.05, 0) is 40.2 Å². The summed E-state index contributed by atoms with van der Waals surface area (Å²) in [5.74, 6) is 0. The average molecular weight is 278 g/mol. The Morgan fingerprint density at radius 2 is 2.06 bits per heavy atom. The fourth-order valence-corrected chi connectivity index (χ4v) is 2.80. The molecule has 0 amide bonds. The monoisotopic (exact) mass is 278 g/mol. The van der Waals surface area contributed by atoms with Gasteiger partial charge in [0.1, 0.15) is 0 Å². The molecular weight excluding hydrogens is 252 g/mol. The molecule has 1 N–H and O–H groups in total. The molecule has 1 heterocycles. The second-order valence-corrected chi connectivity index (χ2v) is 7.92. The van der Waals surface area contributed by atoms with Crippen LogP contribution in [0.3, 0.4) is 0 Å². The van der Waals surface area contributed by atoms with Crippen LogP contribution in [-0.2, 0) is 14.8 Å². The van der Waals surface area contributed by atoms with Crippen LogP contribution in [0.2, 0.25) is 0 Å². The Labute approximate surface area is 111 Å². The molecule has 0 aromatic heterocycles. The van der Waals surface area contributed by atoms with Crippen molar-refractivity contribution in [1.82, 2.24) is 9.62 Å². The zero-order valence-corrected chi connectivity index (χ0v) is 12.7. The topological polar surface area (TPSA) is 58.6 Å². The number of ether oxygens (including phenoxy) is 1. The van der Waals surface area contributed by atoms with Crippen molar-refractivity contribution in [3.8, 4) is 0 Å². The second kappa shape index (κ2) is 6.32. The summed E-state index contributed by atoms with van der Waals surface area (Å²) < 4.78 is 30.0. The van der Waals surface area contributed by atoms with Crippen molar-refractivity contribution in [3.05, 3.63) is 0 Å². The molecule has 1 aliphatic rings. The van der Waals surface area contributed by atoms with Crippen LogP contribution in [0.15, 0.2) is 0 Å². The molecule has 0 bridgehead atoms. The average Bonchev–Trinajstić information content (AvgIpc) is 2.22. The van der Waals surface area contributed by atoms with Gasteiger partial charge in [-0.1, -0.05) is 0 Å². The third-order valence-corrected chi connectivity index (χ3v) is 4.20. The maximum absolute atomic E-state index is 11.5. The Balaban J connectivity index is 2.27. The zero-order valence-electron chi connectivity index (χ0n) is 11.9. The minimum Gasteiger partial charge on any atom is -0.375 e. The number of nitrogens with zero attached hydrogens (tertiary/aromatic N) is 1. The van der Waals surface area contributed by atoms with Gasteiger partial charge < -0.3 is 10.1 Å². The van der Waals surface area contributed by atoms with Crippen molar-refractivity contribution >= 4 is 10.0 Å². The third kappa shape index (κ3) is 6.13. The Morgan fingerprint density at radius 1 is 1.39 bits per heavy atom. The van der Waals surface area contributed by atoms with Gasteiger partial charge in [0.25, 0.3) is 0 Å². The number of sulfonamides is 1. The van der Waals surface area contributed by atoms with E-state index in [2.05, 4.69) is 26.1 Å². The molecular formula is C12H26N2O3S. The highest BCUT2D eigenvalue weighted by atomic mass is 32.2. The first-order valence-corrected chi connectivity index (χ1v) is 8.35. The van der Waals surface area contributed by atoms with E-state index in [0.29, 0.717) is 19.7 Å². The van der Waals surface area contributed by atoms with E-state index in [1.165, 1.54) is 10.6 Å². The lowest BCUT2D eigenvalue weighted by Crippen LogP contribution is -2.45. The zero-order chi connectivity index (χ0) is 13.8. The summed E-state index contributed by atoms with van der Waals surface area (Å²) >= 11 is 0. The summed E-state index contributed by atoms with van der Waals surface area (Å²) in [4.78, 5) is 0.